The van der Waals surface area contributed by atoms with Crippen LogP contribution < -0.4 is 9.47 Å². The Morgan fingerprint density at radius 3 is 2.81 bits per heavy atom. The molecule has 2 rings (SSSR count). The van der Waals surface area contributed by atoms with Gasteiger partial charge in [0.2, 0.25) is 6.79 Å². The van der Waals surface area contributed by atoms with Gasteiger partial charge in [0.1, 0.15) is 6.07 Å². The number of ether oxygens (including phenoxy) is 3. The van der Waals surface area contributed by atoms with E-state index in [0.29, 0.717) is 17.9 Å². The fourth-order valence-electron chi connectivity index (χ4n) is 1.80. The molecule has 0 radical (unpaired) electrons. The third kappa shape index (κ3) is 1.50. The highest BCUT2D eigenvalue weighted by atomic mass is 16.7. The van der Waals surface area contributed by atoms with E-state index in [2.05, 4.69) is 6.07 Å². The Balaban J connectivity index is 2.44. The summed E-state index contributed by atoms with van der Waals surface area (Å²) in [6.45, 7) is 2.15. The van der Waals surface area contributed by atoms with E-state index in [0.717, 1.165) is 5.56 Å². The molecule has 1 aliphatic heterocycles. The molecule has 0 spiro atoms. The first-order valence-corrected chi connectivity index (χ1v) is 5.12. The summed E-state index contributed by atoms with van der Waals surface area (Å²) in [6, 6.07) is 7.65. The summed E-state index contributed by atoms with van der Waals surface area (Å²) in [5.41, 5.74) is -0.106. The van der Waals surface area contributed by atoms with Gasteiger partial charge in [-0.1, -0.05) is 13.0 Å². The van der Waals surface area contributed by atoms with Crippen LogP contribution in [0.1, 0.15) is 18.9 Å². The molecule has 0 saturated heterocycles. The number of nitriles is 1. The zero-order valence-corrected chi connectivity index (χ0v) is 9.32. The van der Waals surface area contributed by atoms with Crippen molar-refractivity contribution in [2.75, 3.05) is 13.9 Å². The van der Waals surface area contributed by atoms with E-state index in [1.54, 1.807) is 12.1 Å². The first-order chi connectivity index (χ1) is 7.75. The monoisotopic (exact) mass is 219 g/mol. The number of hydrogen-bond donors (Lipinski definition) is 0. The molecule has 1 heterocycles. The van der Waals surface area contributed by atoms with Gasteiger partial charge in [0.25, 0.3) is 0 Å². The van der Waals surface area contributed by atoms with Gasteiger partial charge >= 0.3 is 0 Å². The number of methoxy groups -OCH3 is 1. The molecule has 1 atom stereocenters. The van der Waals surface area contributed by atoms with Crippen molar-refractivity contribution in [3.05, 3.63) is 23.8 Å². The Bertz CT molecular complexity index is 432. The molecular formula is C12H13NO3. The lowest BCUT2D eigenvalue weighted by Crippen LogP contribution is -2.25. The normalized spacial score (nSPS) is 16.6. The van der Waals surface area contributed by atoms with E-state index in [1.165, 1.54) is 7.11 Å². The summed E-state index contributed by atoms with van der Waals surface area (Å²) >= 11 is 0. The van der Waals surface area contributed by atoms with Gasteiger partial charge in [-0.05, 0) is 18.6 Å². The van der Waals surface area contributed by atoms with E-state index < -0.39 is 5.60 Å². The minimum absolute atomic E-state index is 0.234. The summed E-state index contributed by atoms with van der Waals surface area (Å²) in [6.07, 6.45) is 0.583. The van der Waals surface area contributed by atoms with Gasteiger partial charge in [-0.15, -0.1) is 0 Å². The van der Waals surface area contributed by atoms with Crippen LogP contribution in [0, 0.1) is 11.3 Å². The van der Waals surface area contributed by atoms with Crippen LogP contribution in [0.15, 0.2) is 18.2 Å². The van der Waals surface area contributed by atoms with Gasteiger partial charge in [0.05, 0.1) is 0 Å². The molecule has 1 aromatic carbocycles. The lowest BCUT2D eigenvalue weighted by molar-refractivity contribution is 0.0326. The SMILES string of the molecule is CCC(C#N)(OC)c1ccc2c(c1)OCO2. The van der Waals surface area contributed by atoms with Crippen molar-refractivity contribution < 1.29 is 14.2 Å². The Hall–Kier alpha value is -1.73. The fraction of sp³-hybridized carbons (Fsp3) is 0.417. The number of fused-ring (bicyclic) bond motifs is 1. The Morgan fingerprint density at radius 2 is 2.19 bits per heavy atom. The van der Waals surface area contributed by atoms with Gasteiger partial charge in [-0.3, -0.25) is 0 Å². The van der Waals surface area contributed by atoms with E-state index >= 15 is 0 Å². The van der Waals surface area contributed by atoms with Gasteiger partial charge in [-0.2, -0.15) is 5.26 Å². The fourth-order valence-corrected chi connectivity index (χ4v) is 1.80. The average molecular weight is 219 g/mol. The molecule has 16 heavy (non-hydrogen) atoms. The molecule has 0 saturated carbocycles. The number of rotatable bonds is 3. The van der Waals surface area contributed by atoms with Crippen molar-refractivity contribution >= 4 is 0 Å². The van der Waals surface area contributed by atoms with Crippen molar-refractivity contribution in [2.45, 2.75) is 18.9 Å². The van der Waals surface area contributed by atoms with Gasteiger partial charge in [-0.25, -0.2) is 0 Å². The number of nitrogens with zero attached hydrogens (tertiary/aromatic N) is 1. The van der Waals surface area contributed by atoms with E-state index in [4.69, 9.17) is 14.2 Å². The van der Waals surface area contributed by atoms with Crippen molar-refractivity contribution in [1.82, 2.24) is 0 Å². The van der Waals surface area contributed by atoms with E-state index in [9.17, 15) is 5.26 Å². The number of benzene rings is 1. The molecular weight excluding hydrogens is 206 g/mol. The molecule has 1 aliphatic rings. The van der Waals surface area contributed by atoms with Crippen molar-refractivity contribution in [3.8, 4) is 17.6 Å². The molecule has 0 N–H and O–H groups in total. The first-order valence-electron chi connectivity index (χ1n) is 5.12. The maximum Gasteiger partial charge on any atom is 0.231 e. The molecule has 4 nitrogen and oxygen atoms in total. The number of hydrogen-bond acceptors (Lipinski definition) is 4. The van der Waals surface area contributed by atoms with E-state index in [1.807, 2.05) is 13.0 Å². The van der Waals surface area contributed by atoms with Gasteiger partial charge in [0.15, 0.2) is 17.1 Å². The quantitative estimate of drug-likeness (QED) is 0.781. The van der Waals surface area contributed by atoms with Crippen LogP contribution in [0.25, 0.3) is 0 Å². The minimum atomic E-state index is -0.902. The molecule has 0 aromatic heterocycles. The minimum Gasteiger partial charge on any atom is -0.454 e. The second-order valence-corrected chi connectivity index (χ2v) is 3.56. The Morgan fingerprint density at radius 1 is 1.44 bits per heavy atom. The maximum absolute atomic E-state index is 9.23. The summed E-state index contributed by atoms with van der Waals surface area (Å²) in [5, 5.41) is 9.23. The highest BCUT2D eigenvalue weighted by Gasteiger charge is 2.31. The van der Waals surface area contributed by atoms with Gasteiger partial charge in [0, 0.05) is 12.7 Å². The van der Waals surface area contributed by atoms with Crippen LogP contribution in [-0.2, 0) is 10.3 Å². The first kappa shape index (κ1) is 10.8. The largest absolute Gasteiger partial charge is 0.454 e. The molecule has 4 heteroatoms. The molecule has 0 amide bonds. The second kappa shape index (κ2) is 4.03. The molecule has 0 aliphatic carbocycles. The summed E-state index contributed by atoms with van der Waals surface area (Å²) in [5.74, 6) is 1.38. The maximum atomic E-state index is 9.23. The topological polar surface area (TPSA) is 51.5 Å². The third-order valence-electron chi connectivity index (χ3n) is 2.87. The Labute approximate surface area is 94.3 Å². The molecule has 84 valence electrons. The van der Waals surface area contributed by atoms with Crippen molar-refractivity contribution in [1.29, 1.82) is 5.26 Å². The third-order valence-corrected chi connectivity index (χ3v) is 2.87. The van der Waals surface area contributed by atoms with Crippen molar-refractivity contribution in [2.24, 2.45) is 0 Å². The van der Waals surface area contributed by atoms with Crippen LogP contribution in [0.5, 0.6) is 11.5 Å². The summed E-state index contributed by atoms with van der Waals surface area (Å²) in [4.78, 5) is 0. The average Bonchev–Trinajstić information content (AvgIpc) is 2.79. The highest BCUT2D eigenvalue weighted by molar-refractivity contribution is 5.47. The lowest BCUT2D eigenvalue weighted by Gasteiger charge is -2.23. The lowest BCUT2D eigenvalue weighted by atomic mass is 9.92. The zero-order chi connectivity index (χ0) is 11.6. The Kier molecular flexibility index (Phi) is 2.71. The summed E-state index contributed by atoms with van der Waals surface area (Å²) in [7, 11) is 1.54. The smallest absolute Gasteiger partial charge is 0.231 e. The van der Waals surface area contributed by atoms with Gasteiger partial charge < -0.3 is 14.2 Å². The van der Waals surface area contributed by atoms with Crippen LogP contribution in [0.2, 0.25) is 0 Å². The molecule has 1 aromatic rings. The zero-order valence-electron chi connectivity index (χ0n) is 9.32. The van der Waals surface area contributed by atoms with Crippen LogP contribution in [0.4, 0.5) is 0 Å². The standard InChI is InChI=1S/C12H13NO3/c1-3-12(7-13,14-2)9-4-5-10-11(6-9)16-8-15-10/h4-6H,3,8H2,1-2H3. The molecule has 0 fully saturated rings. The van der Waals surface area contributed by atoms with E-state index in [-0.39, 0.29) is 6.79 Å². The predicted octanol–water partition coefficient (Wildman–Crippen LogP) is 2.19. The predicted molar refractivity (Wildman–Crippen MR) is 57.2 cm³/mol. The summed E-state index contributed by atoms with van der Waals surface area (Å²) < 4.78 is 15.8. The highest BCUT2D eigenvalue weighted by Crippen LogP contribution is 2.37. The molecule has 1 unspecified atom stereocenters. The van der Waals surface area contributed by atoms with Crippen LogP contribution in [0.3, 0.4) is 0 Å². The van der Waals surface area contributed by atoms with Crippen LogP contribution >= 0.6 is 0 Å². The van der Waals surface area contributed by atoms with Crippen molar-refractivity contribution in [3.63, 3.8) is 0 Å². The van der Waals surface area contributed by atoms with Crippen LogP contribution in [-0.4, -0.2) is 13.9 Å². The molecule has 0 bridgehead atoms. The second-order valence-electron chi connectivity index (χ2n) is 3.56.